The van der Waals surface area contributed by atoms with Crippen LogP contribution < -0.4 is 10.9 Å². The van der Waals surface area contributed by atoms with Crippen LogP contribution in [0.3, 0.4) is 0 Å². The fourth-order valence-corrected chi connectivity index (χ4v) is 2.57. The number of hydrogen-bond acceptors (Lipinski definition) is 6. The number of nitrogens with one attached hydrogen (secondary N) is 2. The van der Waals surface area contributed by atoms with Crippen LogP contribution in [0.4, 0.5) is 5.69 Å². The van der Waals surface area contributed by atoms with Gasteiger partial charge in [-0.3, -0.25) is 9.59 Å². The first kappa shape index (κ1) is 15.7. The van der Waals surface area contributed by atoms with Gasteiger partial charge in [-0.15, -0.1) is 0 Å². The zero-order chi connectivity index (χ0) is 17.9. The molecule has 2 aromatic carbocycles. The number of fused-ring (bicyclic) bond motifs is 1. The summed E-state index contributed by atoms with van der Waals surface area (Å²) in [5, 5.41) is 14.1. The third-order valence-corrected chi connectivity index (χ3v) is 3.74. The van der Waals surface area contributed by atoms with E-state index in [4.69, 9.17) is 4.52 Å². The van der Waals surface area contributed by atoms with Gasteiger partial charge in [0, 0.05) is 11.1 Å². The summed E-state index contributed by atoms with van der Waals surface area (Å²) in [5.74, 6) is 0.105. The van der Waals surface area contributed by atoms with Crippen molar-refractivity contribution in [2.24, 2.45) is 0 Å². The molecule has 0 radical (unpaired) electrons. The number of H-pyrrole nitrogens is 1. The van der Waals surface area contributed by atoms with E-state index in [9.17, 15) is 9.59 Å². The molecule has 4 aromatic rings. The van der Waals surface area contributed by atoms with Crippen molar-refractivity contribution in [1.29, 1.82) is 0 Å². The minimum atomic E-state index is -0.300. The molecule has 128 valence electrons. The highest BCUT2D eigenvalue weighted by molar-refractivity contribution is 5.93. The summed E-state index contributed by atoms with van der Waals surface area (Å²) in [6.45, 7) is 0. The standard InChI is InChI=1S/C18H13N5O3/c24-15(19-11-6-2-1-3-7-11)10-14-20-18(26-23-14)16-12-8-4-5-9-13(12)17(25)22-21-16/h1-9H,10H2,(H,19,24)(H,22,25). The monoisotopic (exact) mass is 347 g/mol. The molecule has 0 saturated carbocycles. The number of aromatic nitrogens is 4. The third-order valence-electron chi connectivity index (χ3n) is 3.74. The number of carbonyl (C=O) groups is 1. The molecule has 0 aliphatic rings. The molecule has 0 aliphatic carbocycles. The summed E-state index contributed by atoms with van der Waals surface area (Å²) in [5.41, 5.74) is 0.753. The van der Waals surface area contributed by atoms with Gasteiger partial charge < -0.3 is 9.84 Å². The topological polar surface area (TPSA) is 114 Å². The number of anilines is 1. The number of amides is 1. The molecule has 0 saturated heterocycles. The smallest absolute Gasteiger partial charge is 0.279 e. The Balaban J connectivity index is 1.58. The molecule has 0 unspecified atom stereocenters. The lowest BCUT2D eigenvalue weighted by Gasteiger charge is -2.02. The number of hydrogen-bond donors (Lipinski definition) is 2. The predicted octanol–water partition coefficient (Wildman–Crippen LogP) is 2.15. The normalized spacial score (nSPS) is 10.8. The summed E-state index contributed by atoms with van der Waals surface area (Å²) in [4.78, 5) is 28.2. The minimum absolute atomic E-state index is 0.0420. The van der Waals surface area contributed by atoms with Crippen LogP contribution in [0.15, 0.2) is 63.9 Å². The highest BCUT2D eigenvalue weighted by atomic mass is 16.5. The molecule has 2 N–H and O–H groups in total. The zero-order valence-electron chi connectivity index (χ0n) is 13.5. The second-order valence-corrected chi connectivity index (χ2v) is 5.55. The van der Waals surface area contributed by atoms with E-state index in [1.807, 2.05) is 18.2 Å². The molecule has 8 nitrogen and oxygen atoms in total. The second-order valence-electron chi connectivity index (χ2n) is 5.55. The zero-order valence-corrected chi connectivity index (χ0v) is 13.5. The van der Waals surface area contributed by atoms with E-state index in [0.29, 0.717) is 22.2 Å². The average molecular weight is 347 g/mol. The first-order valence-corrected chi connectivity index (χ1v) is 7.86. The molecule has 0 aliphatic heterocycles. The molecule has 0 fully saturated rings. The fourth-order valence-electron chi connectivity index (χ4n) is 2.57. The van der Waals surface area contributed by atoms with Gasteiger partial charge in [0.2, 0.25) is 5.91 Å². The van der Waals surface area contributed by atoms with Crippen molar-refractivity contribution in [3.63, 3.8) is 0 Å². The Hall–Kier alpha value is -3.81. The van der Waals surface area contributed by atoms with Gasteiger partial charge in [-0.1, -0.05) is 41.6 Å². The Morgan fingerprint density at radius 3 is 2.58 bits per heavy atom. The van der Waals surface area contributed by atoms with E-state index in [2.05, 4.69) is 25.7 Å². The number of carbonyl (C=O) groups excluding carboxylic acids is 1. The summed E-state index contributed by atoms with van der Waals surface area (Å²) >= 11 is 0. The van der Waals surface area contributed by atoms with E-state index in [-0.39, 0.29) is 29.6 Å². The fraction of sp³-hybridized carbons (Fsp3) is 0.0556. The Labute approximate surface area is 146 Å². The van der Waals surface area contributed by atoms with Crippen LogP contribution in [0.2, 0.25) is 0 Å². The molecule has 1 amide bonds. The quantitative estimate of drug-likeness (QED) is 0.585. The first-order chi connectivity index (χ1) is 12.7. The molecule has 0 atom stereocenters. The van der Waals surface area contributed by atoms with Crippen molar-refractivity contribution in [2.45, 2.75) is 6.42 Å². The van der Waals surface area contributed by atoms with Crippen LogP contribution in [-0.2, 0) is 11.2 Å². The third kappa shape index (κ3) is 3.07. The molecule has 0 spiro atoms. The predicted molar refractivity (Wildman–Crippen MR) is 94.4 cm³/mol. The number of nitrogens with zero attached hydrogens (tertiary/aromatic N) is 3. The van der Waals surface area contributed by atoms with Gasteiger partial charge in [0.15, 0.2) is 11.5 Å². The minimum Gasteiger partial charge on any atom is -0.332 e. The Morgan fingerprint density at radius 1 is 1.04 bits per heavy atom. The van der Waals surface area contributed by atoms with E-state index >= 15 is 0 Å². The highest BCUT2D eigenvalue weighted by Crippen LogP contribution is 2.22. The summed E-state index contributed by atoms with van der Waals surface area (Å²) < 4.78 is 5.22. The maximum atomic E-state index is 12.1. The lowest BCUT2D eigenvalue weighted by molar-refractivity contribution is -0.115. The summed E-state index contributed by atoms with van der Waals surface area (Å²) in [6, 6.07) is 16.1. The maximum absolute atomic E-state index is 12.1. The lowest BCUT2D eigenvalue weighted by atomic mass is 10.1. The van der Waals surface area contributed by atoms with Gasteiger partial charge >= 0.3 is 0 Å². The number of para-hydroxylation sites is 1. The van der Waals surface area contributed by atoms with Crippen molar-refractivity contribution in [1.82, 2.24) is 20.3 Å². The number of aromatic amines is 1. The van der Waals surface area contributed by atoms with E-state index in [0.717, 1.165) is 0 Å². The van der Waals surface area contributed by atoms with E-state index < -0.39 is 0 Å². The van der Waals surface area contributed by atoms with Crippen molar-refractivity contribution < 1.29 is 9.32 Å². The van der Waals surface area contributed by atoms with Crippen molar-refractivity contribution in [3.05, 3.63) is 70.8 Å². The van der Waals surface area contributed by atoms with Gasteiger partial charge in [0.1, 0.15) is 0 Å². The lowest BCUT2D eigenvalue weighted by Crippen LogP contribution is -2.15. The van der Waals surface area contributed by atoms with Gasteiger partial charge in [0.05, 0.1) is 11.8 Å². The maximum Gasteiger partial charge on any atom is 0.279 e. The highest BCUT2D eigenvalue weighted by Gasteiger charge is 2.17. The Bertz CT molecular complexity index is 1130. The second kappa shape index (κ2) is 6.60. The van der Waals surface area contributed by atoms with Crippen LogP contribution in [0.1, 0.15) is 5.82 Å². The van der Waals surface area contributed by atoms with Crippen LogP contribution in [-0.4, -0.2) is 26.2 Å². The van der Waals surface area contributed by atoms with Crippen LogP contribution in [0.25, 0.3) is 22.4 Å². The Morgan fingerprint density at radius 2 is 1.77 bits per heavy atom. The van der Waals surface area contributed by atoms with Gasteiger partial charge in [0.25, 0.3) is 11.4 Å². The van der Waals surface area contributed by atoms with Crippen LogP contribution >= 0.6 is 0 Å². The molecular formula is C18H13N5O3. The molecule has 26 heavy (non-hydrogen) atoms. The average Bonchev–Trinajstić information content (AvgIpc) is 3.11. The molecule has 8 heteroatoms. The number of benzene rings is 2. The van der Waals surface area contributed by atoms with Crippen LogP contribution in [0, 0.1) is 0 Å². The SMILES string of the molecule is O=C(Cc1noc(-c2n[nH]c(=O)c3ccccc23)n1)Nc1ccccc1. The van der Waals surface area contributed by atoms with E-state index in [1.165, 1.54) is 0 Å². The van der Waals surface area contributed by atoms with E-state index in [1.54, 1.807) is 36.4 Å². The molecule has 0 bridgehead atoms. The van der Waals surface area contributed by atoms with Gasteiger partial charge in [-0.2, -0.15) is 10.1 Å². The largest absolute Gasteiger partial charge is 0.332 e. The molecule has 2 heterocycles. The summed E-state index contributed by atoms with van der Waals surface area (Å²) in [7, 11) is 0. The van der Waals surface area contributed by atoms with Gasteiger partial charge in [-0.25, -0.2) is 5.10 Å². The number of rotatable bonds is 4. The van der Waals surface area contributed by atoms with Gasteiger partial charge in [-0.05, 0) is 18.2 Å². The molecule has 2 aromatic heterocycles. The summed E-state index contributed by atoms with van der Waals surface area (Å²) in [6.07, 6.45) is -0.0420. The van der Waals surface area contributed by atoms with Crippen molar-refractivity contribution >= 4 is 22.4 Å². The van der Waals surface area contributed by atoms with Crippen LogP contribution in [0.5, 0.6) is 0 Å². The molecular weight excluding hydrogens is 334 g/mol. The Kier molecular flexibility index (Phi) is 3.98. The first-order valence-electron chi connectivity index (χ1n) is 7.86. The van der Waals surface area contributed by atoms with Crippen molar-refractivity contribution in [3.8, 4) is 11.6 Å². The van der Waals surface area contributed by atoms with Crippen molar-refractivity contribution in [2.75, 3.05) is 5.32 Å². The molecule has 4 rings (SSSR count).